The number of methoxy groups -OCH3 is 1. The molecule has 5 rings (SSSR count). The van der Waals surface area contributed by atoms with Crippen LogP contribution >= 0.6 is 11.6 Å². The number of ether oxygens (including phenoxy) is 1. The van der Waals surface area contributed by atoms with Gasteiger partial charge in [-0.1, -0.05) is 97.5 Å². The number of amides is 2. The molecule has 1 fully saturated rings. The fraction of sp³-hybridized carbons (Fsp3) is 0.348. The van der Waals surface area contributed by atoms with Gasteiger partial charge >= 0.3 is 0 Å². The van der Waals surface area contributed by atoms with E-state index in [0.29, 0.717) is 28.8 Å². The summed E-state index contributed by atoms with van der Waals surface area (Å²) in [6.07, 6.45) is 33.7. The molecule has 300 valence electrons. The molecule has 10 nitrogen and oxygen atoms in total. The number of fused-ring (bicyclic) bond motifs is 1. The van der Waals surface area contributed by atoms with Gasteiger partial charge in [0.15, 0.2) is 0 Å². The fourth-order valence-corrected chi connectivity index (χ4v) is 6.75. The molecular weight excluding hydrogens is 734 g/mol. The van der Waals surface area contributed by atoms with Gasteiger partial charge in [-0.05, 0) is 76.0 Å². The third kappa shape index (κ3) is 13.8. The third-order valence-electron chi connectivity index (χ3n) is 9.62. The van der Waals surface area contributed by atoms with Gasteiger partial charge < -0.3 is 30.6 Å². The molecule has 1 aliphatic heterocycles. The van der Waals surface area contributed by atoms with Crippen LogP contribution in [0.15, 0.2) is 116 Å². The van der Waals surface area contributed by atoms with E-state index in [4.69, 9.17) is 21.3 Å². The van der Waals surface area contributed by atoms with Gasteiger partial charge in [0.25, 0.3) is 0 Å². The van der Waals surface area contributed by atoms with E-state index in [1.165, 1.54) is 0 Å². The first kappa shape index (κ1) is 42.5. The molecule has 0 atom stereocenters. The number of unbranched alkanes of at least 4 members (excludes halogenated alkanes) is 1. The van der Waals surface area contributed by atoms with Crippen molar-refractivity contribution < 1.29 is 14.3 Å². The summed E-state index contributed by atoms with van der Waals surface area (Å²) < 4.78 is 5.75. The van der Waals surface area contributed by atoms with E-state index in [1.807, 2.05) is 48.7 Å². The Morgan fingerprint density at radius 2 is 1.60 bits per heavy atom. The minimum absolute atomic E-state index is 0.00696. The zero-order valence-corrected chi connectivity index (χ0v) is 33.9. The van der Waals surface area contributed by atoms with Crippen LogP contribution in [0, 0.1) is 0 Å². The van der Waals surface area contributed by atoms with Crippen molar-refractivity contribution in [1.82, 2.24) is 25.6 Å². The van der Waals surface area contributed by atoms with Crippen LogP contribution in [0.3, 0.4) is 0 Å². The number of nitrogens with one attached hydrogen (secondary N) is 4. The minimum atomic E-state index is -0.158. The lowest BCUT2D eigenvalue weighted by atomic mass is 10.0. The molecule has 2 aromatic heterocycles. The van der Waals surface area contributed by atoms with E-state index in [9.17, 15) is 9.59 Å². The van der Waals surface area contributed by atoms with Crippen molar-refractivity contribution in [2.24, 2.45) is 0 Å². The zero-order chi connectivity index (χ0) is 40.1. The maximum Gasteiger partial charge on any atom is 0.239 e. The average Bonchev–Trinajstić information content (AvgIpc) is 3.66. The van der Waals surface area contributed by atoms with Gasteiger partial charge in [-0.2, -0.15) is 0 Å². The first-order valence-electron chi connectivity index (χ1n) is 20.0. The molecule has 0 radical (unpaired) electrons. The Morgan fingerprint density at radius 1 is 0.912 bits per heavy atom. The van der Waals surface area contributed by atoms with E-state index >= 15 is 0 Å². The lowest BCUT2D eigenvalue weighted by Gasteiger charge is -2.34. The number of piperidine rings is 1. The predicted molar refractivity (Wildman–Crippen MR) is 235 cm³/mol. The van der Waals surface area contributed by atoms with Crippen LogP contribution in [-0.2, 0) is 9.59 Å². The third-order valence-corrected chi connectivity index (χ3v) is 9.90. The molecule has 1 saturated heterocycles. The SMILES string of the molecule is CCC=CCC=CCC=CCC=CCC=CCCCC(=O)NCC(=O)NC1CCN(c2ccc(Nc3ncc(Cl)c(-c4c[nH]c5ccccc45)n3)c(OC)c2)CC1. The number of allylic oxidation sites excluding steroid dienone is 10. The molecular formula is C46H56ClN7O3. The number of H-pyrrole nitrogens is 1. The molecule has 1 aliphatic rings. The maximum atomic E-state index is 12.6. The van der Waals surface area contributed by atoms with Crippen LogP contribution in [0.1, 0.15) is 71.1 Å². The van der Waals surface area contributed by atoms with Gasteiger partial charge in [0.1, 0.15) is 5.75 Å². The van der Waals surface area contributed by atoms with Crippen molar-refractivity contribution in [3.8, 4) is 17.0 Å². The second kappa shape index (κ2) is 23.5. The monoisotopic (exact) mass is 789 g/mol. The van der Waals surface area contributed by atoms with Crippen LogP contribution in [0.5, 0.6) is 5.75 Å². The van der Waals surface area contributed by atoms with Crippen molar-refractivity contribution in [3.05, 3.63) is 121 Å². The molecule has 0 aliphatic carbocycles. The normalized spacial score (nSPS) is 13.9. The fourth-order valence-electron chi connectivity index (χ4n) is 6.56. The number of benzene rings is 2. The zero-order valence-electron chi connectivity index (χ0n) is 33.2. The summed E-state index contributed by atoms with van der Waals surface area (Å²) in [5.74, 6) is 0.800. The Morgan fingerprint density at radius 3 is 2.30 bits per heavy atom. The molecule has 2 aromatic carbocycles. The molecule has 0 unspecified atom stereocenters. The van der Waals surface area contributed by atoms with E-state index in [-0.39, 0.29) is 24.4 Å². The first-order valence-corrected chi connectivity index (χ1v) is 20.4. The Bertz CT molecular complexity index is 2040. The number of para-hydroxylation sites is 1. The van der Waals surface area contributed by atoms with Gasteiger partial charge in [0, 0.05) is 60.0 Å². The van der Waals surface area contributed by atoms with E-state index < -0.39 is 0 Å². The molecule has 3 heterocycles. The topological polar surface area (TPSA) is 124 Å². The van der Waals surface area contributed by atoms with Crippen molar-refractivity contribution in [1.29, 1.82) is 0 Å². The number of halogens is 1. The second-order valence-corrected chi connectivity index (χ2v) is 14.3. The molecule has 4 aromatic rings. The molecule has 0 saturated carbocycles. The highest BCUT2D eigenvalue weighted by Crippen LogP contribution is 2.35. The molecule has 0 bridgehead atoms. The largest absolute Gasteiger partial charge is 0.494 e. The summed E-state index contributed by atoms with van der Waals surface area (Å²) in [7, 11) is 1.64. The standard InChI is InChI=1S/C46H56ClN7O3/c1-3-4-5-6-7-8-9-10-11-12-13-14-15-16-17-18-19-24-43(55)49-34-44(56)51-35-27-29-54(30-28-35)36-25-26-41(42(31-36)57-2)52-46-50-33-39(47)45(53-46)38-32-48-40-23-21-20-22-37(38)40/h4-5,7-8,10-11,13-14,16-17,20-23,25-26,31-33,35,48H,3,6,9,12,15,18-19,24,27-30,34H2,1-2H3,(H,49,55)(H,51,56)(H,50,52,53). The molecule has 11 heteroatoms. The van der Waals surface area contributed by atoms with Crippen LogP contribution in [0.2, 0.25) is 5.02 Å². The number of anilines is 3. The molecule has 0 spiro atoms. The molecule has 2 amide bonds. The highest BCUT2D eigenvalue weighted by atomic mass is 35.5. The number of rotatable bonds is 21. The number of aromatic amines is 1. The molecule has 4 N–H and O–H groups in total. The number of nitrogens with zero attached hydrogens (tertiary/aromatic N) is 3. The van der Waals surface area contributed by atoms with Gasteiger partial charge in [0.05, 0.1) is 36.3 Å². The lowest BCUT2D eigenvalue weighted by molar-refractivity contribution is -0.126. The van der Waals surface area contributed by atoms with Crippen LogP contribution in [0.25, 0.3) is 22.2 Å². The van der Waals surface area contributed by atoms with Gasteiger partial charge in [-0.25, -0.2) is 9.97 Å². The van der Waals surface area contributed by atoms with Crippen molar-refractivity contribution in [2.75, 3.05) is 37.0 Å². The Kier molecular flexibility index (Phi) is 17.5. The second-order valence-electron chi connectivity index (χ2n) is 13.9. The number of carbonyl (C=O) groups is 2. The Hall–Kier alpha value is -5.61. The number of aromatic nitrogens is 3. The maximum absolute atomic E-state index is 12.6. The van der Waals surface area contributed by atoms with Gasteiger partial charge in [-0.15, -0.1) is 0 Å². The van der Waals surface area contributed by atoms with E-state index in [0.717, 1.165) is 98.7 Å². The lowest BCUT2D eigenvalue weighted by Crippen LogP contribution is -2.47. The Labute approximate surface area is 342 Å². The average molecular weight is 790 g/mol. The van der Waals surface area contributed by atoms with Gasteiger partial charge in [0.2, 0.25) is 17.8 Å². The Balaban J connectivity index is 0.960. The summed E-state index contributed by atoms with van der Waals surface area (Å²) in [5, 5.41) is 10.6. The summed E-state index contributed by atoms with van der Waals surface area (Å²) >= 11 is 6.54. The molecule has 57 heavy (non-hydrogen) atoms. The minimum Gasteiger partial charge on any atom is -0.494 e. The quantitative estimate of drug-likeness (QED) is 0.0489. The van der Waals surface area contributed by atoms with Crippen LogP contribution in [0.4, 0.5) is 17.3 Å². The predicted octanol–water partition coefficient (Wildman–Crippen LogP) is 10.2. The highest BCUT2D eigenvalue weighted by molar-refractivity contribution is 6.33. The van der Waals surface area contributed by atoms with Crippen LogP contribution in [-0.4, -0.2) is 59.6 Å². The van der Waals surface area contributed by atoms with Crippen molar-refractivity contribution >= 4 is 51.6 Å². The van der Waals surface area contributed by atoms with Crippen molar-refractivity contribution in [2.45, 2.75) is 77.2 Å². The van der Waals surface area contributed by atoms with Gasteiger partial charge in [-0.3, -0.25) is 9.59 Å². The summed E-state index contributed by atoms with van der Waals surface area (Å²) in [6, 6.07) is 14.1. The summed E-state index contributed by atoms with van der Waals surface area (Å²) in [4.78, 5) is 39.7. The smallest absolute Gasteiger partial charge is 0.239 e. The summed E-state index contributed by atoms with van der Waals surface area (Å²) in [5.41, 5.74) is 4.29. The summed E-state index contributed by atoms with van der Waals surface area (Å²) in [6.45, 7) is 3.69. The van der Waals surface area contributed by atoms with Crippen LogP contribution < -0.4 is 25.6 Å². The first-order chi connectivity index (χ1) is 27.9. The van der Waals surface area contributed by atoms with Crippen molar-refractivity contribution in [3.63, 3.8) is 0 Å². The van der Waals surface area contributed by atoms with E-state index in [2.05, 4.69) is 98.5 Å². The number of carbonyl (C=O) groups excluding carboxylic acids is 2. The number of hydrogen-bond donors (Lipinski definition) is 4. The highest BCUT2D eigenvalue weighted by Gasteiger charge is 2.22. The van der Waals surface area contributed by atoms with E-state index in [1.54, 1.807) is 13.3 Å². The number of hydrogen-bond acceptors (Lipinski definition) is 7.